The lowest BCUT2D eigenvalue weighted by Crippen LogP contribution is -2.17. The largest absolute Gasteiger partial charge is 0.374 e. The lowest BCUT2D eigenvalue weighted by Gasteiger charge is -2.20. The summed E-state index contributed by atoms with van der Waals surface area (Å²) in [6, 6.07) is 6.05. The van der Waals surface area contributed by atoms with Crippen LogP contribution in [0.15, 0.2) is 24.3 Å². The zero-order valence-electron chi connectivity index (χ0n) is 11.8. The van der Waals surface area contributed by atoms with Crippen molar-refractivity contribution in [3.05, 3.63) is 35.4 Å². The lowest BCUT2D eigenvalue weighted by atomic mass is 10.1. The van der Waals surface area contributed by atoms with Crippen LogP contribution < -0.4 is 4.90 Å². The first-order valence-corrected chi connectivity index (χ1v) is 6.61. The van der Waals surface area contributed by atoms with E-state index in [9.17, 15) is 4.79 Å². The van der Waals surface area contributed by atoms with Crippen molar-refractivity contribution in [2.75, 3.05) is 18.5 Å². The fraction of sp³-hybridized carbons (Fsp3) is 0.400. The van der Waals surface area contributed by atoms with Gasteiger partial charge in [-0.3, -0.25) is 4.79 Å². The number of carbonyl (C=O) groups is 1. The Labute approximate surface area is 115 Å². The first kappa shape index (κ1) is 16.7. The number of hydrogen-bond donors (Lipinski definition) is 0. The highest BCUT2D eigenvalue weighted by molar-refractivity contribution is 6.50. The number of benzene rings is 1. The smallest absolute Gasteiger partial charge is 0.144 e. The summed E-state index contributed by atoms with van der Waals surface area (Å²) in [4.78, 5) is 12.5. The van der Waals surface area contributed by atoms with Gasteiger partial charge in [0.05, 0.1) is 5.03 Å². The Morgan fingerprint density at radius 1 is 1.39 bits per heavy atom. The lowest BCUT2D eigenvalue weighted by molar-refractivity contribution is -0.104. The molecule has 0 aliphatic heterocycles. The van der Waals surface area contributed by atoms with Crippen LogP contribution >= 0.6 is 11.6 Å². The Kier molecular flexibility index (Phi) is 8.14. The molecule has 0 N–H and O–H groups in total. The highest BCUT2D eigenvalue weighted by atomic mass is 35.5. The van der Waals surface area contributed by atoms with E-state index in [2.05, 4.69) is 11.8 Å². The molecule has 0 fully saturated rings. The van der Waals surface area contributed by atoms with Gasteiger partial charge >= 0.3 is 0 Å². The molecule has 0 unspecified atom stereocenters. The van der Waals surface area contributed by atoms with E-state index in [-0.39, 0.29) is 0 Å². The number of allylic oxidation sites excluding steroid dienone is 1. The maximum atomic E-state index is 10.4. The predicted octanol–water partition coefficient (Wildman–Crippen LogP) is 4.26. The topological polar surface area (TPSA) is 20.3 Å². The van der Waals surface area contributed by atoms with Crippen molar-refractivity contribution in [2.45, 2.75) is 27.7 Å². The number of hydrogen-bond acceptors (Lipinski definition) is 2. The summed E-state index contributed by atoms with van der Waals surface area (Å²) in [6.07, 6.45) is 2.09. The fourth-order valence-electron chi connectivity index (χ4n) is 1.49. The molecule has 1 aromatic carbocycles. The van der Waals surface area contributed by atoms with Crippen LogP contribution in [-0.4, -0.2) is 19.9 Å². The molecule has 1 aromatic rings. The van der Waals surface area contributed by atoms with Crippen LogP contribution in [0.1, 0.15) is 31.9 Å². The average Bonchev–Trinajstić information content (AvgIpc) is 2.40. The van der Waals surface area contributed by atoms with Crippen molar-refractivity contribution in [3.8, 4) is 0 Å². The van der Waals surface area contributed by atoms with Crippen LogP contribution in [-0.2, 0) is 4.79 Å². The molecular weight excluding hydrogens is 246 g/mol. The van der Waals surface area contributed by atoms with Gasteiger partial charge in [0, 0.05) is 24.8 Å². The van der Waals surface area contributed by atoms with Crippen molar-refractivity contribution < 1.29 is 4.79 Å². The van der Waals surface area contributed by atoms with Crippen molar-refractivity contribution in [2.24, 2.45) is 0 Å². The molecule has 0 heterocycles. The molecular formula is C15H22ClNO. The molecule has 18 heavy (non-hydrogen) atoms. The SMILES string of the molecule is CC.CCN(C)c1ccc(C)cc1/C(Cl)=C\C=O. The quantitative estimate of drug-likeness (QED) is 0.600. The monoisotopic (exact) mass is 267 g/mol. The second-order valence-corrected chi connectivity index (χ2v) is 4.09. The molecule has 0 atom stereocenters. The number of rotatable bonds is 4. The summed E-state index contributed by atoms with van der Waals surface area (Å²) in [5.74, 6) is 0. The van der Waals surface area contributed by atoms with Crippen LogP contribution in [0.25, 0.3) is 5.03 Å². The molecule has 0 aliphatic rings. The molecule has 2 nitrogen and oxygen atoms in total. The van der Waals surface area contributed by atoms with E-state index in [4.69, 9.17) is 11.6 Å². The predicted molar refractivity (Wildman–Crippen MR) is 81.4 cm³/mol. The second-order valence-electron chi connectivity index (χ2n) is 3.69. The molecule has 3 heteroatoms. The summed E-state index contributed by atoms with van der Waals surface area (Å²) >= 11 is 6.09. The van der Waals surface area contributed by atoms with Crippen LogP contribution in [0.5, 0.6) is 0 Å². The zero-order chi connectivity index (χ0) is 14.1. The van der Waals surface area contributed by atoms with Crippen LogP contribution in [0.3, 0.4) is 0 Å². The van der Waals surface area contributed by atoms with Crippen LogP contribution in [0.4, 0.5) is 5.69 Å². The van der Waals surface area contributed by atoms with E-state index in [0.29, 0.717) is 11.3 Å². The third-order valence-corrected chi connectivity index (χ3v) is 2.84. The first-order valence-electron chi connectivity index (χ1n) is 6.23. The maximum Gasteiger partial charge on any atom is 0.144 e. The number of aldehydes is 1. The van der Waals surface area contributed by atoms with Crippen molar-refractivity contribution >= 4 is 28.6 Å². The summed E-state index contributed by atoms with van der Waals surface area (Å²) in [7, 11) is 2.00. The minimum absolute atomic E-state index is 0.481. The summed E-state index contributed by atoms with van der Waals surface area (Å²) in [6.45, 7) is 8.96. The third kappa shape index (κ3) is 4.53. The molecule has 0 saturated carbocycles. The van der Waals surface area contributed by atoms with E-state index in [0.717, 1.165) is 23.4 Å². The van der Waals surface area contributed by atoms with E-state index >= 15 is 0 Å². The number of nitrogens with zero attached hydrogens (tertiary/aromatic N) is 1. The van der Waals surface area contributed by atoms with Gasteiger partial charge in [-0.25, -0.2) is 0 Å². The van der Waals surface area contributed by atoms with E-state index in [1.165, 1.54) is 6.08 Å². The minimum Gasteiger partial charge on any atom is -0.374 e. The van der Waals surface area contributed by atoms with Crippen molar-refractivity contribution in [3.63, 3.8) is 0 Å². The maximum absolute atomic E-state index is 10.4. The number of carbonyl (C=O) groups excluding carboxylic acids is 1. The number of aryl methyl sites for hydroxylation is 1. The van der Waals surface area contributed by atoms with Gasteiger partial charge < -0.3 is 4.90 Å². The summed E-state index contributed by atoms with van der Waals surface area (Å²) in [5, 5.41) is 0.481. The van der Waals surface area contributed by atoms with Gasteiger partial charge in [0.1, 0.15) is 6.29 Å². The molecule has 0 aliphatic carbocycles. The van der Waals surface area contributed by atoms with Gasteiger partial charge in [0.15, 0.2) is 0 Å². The molecule has 0 amide bonds. The highest BCUT2D eigenvalue weighted by Crippen LogP contribution is 2.29. The Morgan fingerprint density at radius 2 is 2.00 bits per heavy atom. The van der Waals surface area contributed by atoms with E-state index in [1.807, 2.05) is 46.0 Å². The zero-order valence-corrected chi connectivity index (χ0v) is 12.6. The molecule has 0 bridgehead atoms. The van der Waals surface area contributed by atoms with Gasteiger partial charge in [-0.15, -0.1) is 0 Å². The molecule has 1 rings (SSSR count). The standard InChI is InChI=1S/C13H16ClNO.C2H6/c1-4-15(3)13-6-5-10(2)9-11(13)12(14)7-8-16;1-2/h5-9H,4H2,1-3H3;1-2H3/b12-7+;. The molecule has 0 aromatic heterocycles. The van der Waals surface area contributed by atoms with Crippen molar-refractivity contribution in [1.82, 2.24) is 0 Å². The summed E-state index contributed by atoms with van der Waals surface area (Å²) < 4.78 is 0. The third-order valence-electron chi connectivity index (χ3n) is 2.51. The molecule has 0 radical (unpaired) electrons. The van der Waals surface area contributed by atoms with Crippen molar-refractivity contribution in [1.29, 1.82) is 0 Å². The Hall–Kier alpha value is -1.28. The van der Waals surface area contributed by atoms with Gasteiger partial charge in [-0.05, 0) is 32.1 Å². The minimum atomic E-state index is 0.481. The van der Waals surface area contributed by atoms with Crippen LogP contribution in [0.2, 0.25) is 0 Å². The Morgan fingerprint density at radius 3 is 2.50 bits per heavy atom. The number of anilines is 1. The second kappa shape index (κ2) is 8.76. The van der Waals surface area contributed by atoms with E-state index < -0.39 is 0 Å². The molecule has 0 spiro atoms. The van der Waals surface area contributed by atoms with Gasteiger partial charge in [-0.2, -0.15) is 0 Å². The van der Waals surface area contributed by atoms with Gasteiger partial charge in [0.2, 0.25) is 0 Å². The van der Waals surface area contributed by atoms with Gasteiger partial charge in [-0.1, -0.05) is 37.1 Å². The van der Waals surface area contributed by atoms with Gasteiger partial charge in [0.25, 0.3) is 0 Å². The Bertz CT molecular complexity index is 413. The summed E-state index contributed by atoms with van der Waals surface area (Å²) in [5.41, 5.74) is 3.06. The number of halogens is 1. The Balaban J connectivity index is 0.00000137. The normalized spacial score (nSPS) is 10.4. The first-order chi connectivity index (χ1) is 8.60. The molecule has 0 saturated heterocycles. The molecule has 100 valence electrons. The van der Waals surface area contributed by atoms with E-state index in [1.54, 1.807) is 0 Å². The highest BCUT2D eigenvalue weighted by Gasteiger charge is 2.09. The fourth-order valence-corrected chi connectivity index (χ4v) is 1.70. The van der Waals surface area contributed by atoms with Crippen LogP contribution in [0, 0.1) is 6.92 Å². The average molecular weight is 268 g/mol.